The van der Waals surface area contributed by atoms with E-state index >= 15 is 0 Å². The summed E-state index contributed by atoms with van der Waals surface area (Å²) in [5.41, 5.74) is 2.70. The van der Waals surface area contributed by atoms with Crippen molar-refractivity contribution < 1.29 is 9.53 Å². The normalized spacial score (nSPS) is 11.0. The number of nitrogens with zero attached hydrogens (tertiary/aromatic N) is 1. The van der Waals surface area contributed by atoms with Crippen molar-refractivity contribution in [1.82, 2.24) is 0 Å². The zero-order chi connectivity index (χ0) is 17.5. The van der Waals surface area contributed by atoms with Crippen molar-refractivity contribution in [3.63, 3.8) is 0 Å². The lowest BCUT2D eigenvalue weighted by Crippen LogP contribution is -2.13. The van der Waals surface area contributed by atoms with Gasteiger partial charge in [0, 0.05) is 5.69 Å². The second-order valence-corrected chi connectivity index (χ2v) is 5.67. The van der Waals surface area contributed by atoms with Gasteiger partial charge in [-0.25, -0.2) is 0 Å². The van der Waals surface area contributed by atoms with Gasteiger partial charge in [-0.3, -0.25) is 4.79 Å². The van der Waals surface area contributed by atoms with Crippen molar-refractivity contribution in [3.05, 3.63) is 65.2 Å². The van der Waals surface area contributed by atoms with Crippen LogP contribution in [0.2, 0.25) is 0 Å². The van der Waals surface area contributed by atoms with Gasteiger partial charge in [0.15, 0.2) is 0 Å². The Hall–Kier alpha value is -3.06. The Bertz CT molecular complexity index is 767. The molecule has 2 aromatic carbocycles. The molecule has 0 atom stereocenters. The lowest BCUT2D eigenvalue weighted by molar-refractivity contribution is -0.112. The van der Waals surface area contributed by atoms with Gasteiger partial charge in [-0.1, -0.05) is 38.1 Å². The maximum atomic E-state index is 12.2. The van der Waals surface area contributed by atoms with Gasteiger partial charge < -0.3 is 10.1 Å². The van der Waals surface area contributed by atoms with Gasteiger partial charge in [0.2, 0.25) is 0 Å². The quantitative estimate of drug-likeness (QED) is 0.657. The number of benzene rings is 2. The van der Waals surface area contributed by atoms with Crippen LogP contribution in [-0.4, -0.2) is 13.0 Å². The number of anilines is 1. The van der Waals surface area contributed by atoms with E-state index in [2.05, 4.69) is 19.2 Å². The largest absolute Gasteiger partial charge is 0.497 e. The molecule has 0 bridgehead atoms. The number of carbonyl (C=O) groups excluding carboxylic acids is 1. The van der Waals surface area contributed by atoms with Crippen LogP contribution in [-0.2, 0) is 4.79 Å². The fourth-order valence-corrected chi connectivity index (χ4v) is 2.17. The van der Waals surface area contributed by atoms with E-state index < -0.39 is 5.91 Å². The number of hydrogen-bond donors (Lipinski definition) is 1. The Morgan fingerprint density at radius 3 is 2.25 bits per heavy atom. The summed E-state index contributed by atoms with van der Waals surface area (Å²) < 4.78 is 5.07. The summed E-state index contributed by atoms with van der Waals surface area (Å²) in [5, 5.41) is 12.0. The molecule has 0 aliphatic heterocycles. The number of nitriles is 1. The smallest absolute Gasteiger partial charge is 0.266 e. The average Bonchev–Trinajstić information content (AvgIpc) is 2.60. The molecule has 24 heavy (non-hydrogen) atoms. The molecule has 1 N–H and O–H groups in total. The van der Waals surface area contributed by atoms with Crippen LogP contribution in [0.25, 0.3) is 6.08 Å². The molecule has 1 amide bonds. The molecule has 0 saturated heterocycles. The first kappa shape index (κ1) is 17.3. The van der Waals surface area contributed by atoms with E-state index in [0.29, 0.717) is 17.4 Å². The topological polar surface area (TPSA) is 62.1 Å². The fourth-order valence-electron chi connectivity index (χ4n) is 2.17. The minimum absolute atomic E-state index is 0.0584. The summed E-state index contributed by atoms with van der Waals surface area (Å²) in [7, 11) is 1.58. The Morgan fingerprint density at radius 2 is 1.75 bits per heavy atom. The number of ether oxygens (including phenoxy) is 1. The van der Waals surface area contributed by atoms with Gasteiger partial charge in [-0.15, -0.1) is 0 Å². The first-order valence-corrected chi connectivity index (χ1v) is 7.70. The Balaban J connectivity index is 2.14. The van der Waals surface area contributed by atoms with Crippen molar-refractivity contribution in [3.8, 4) is 11.8 Å². The lowest BCUT2D eigenvalue weighted by atomic mass is 10.0. The molecule has 0 aliphatic rings. The molecule has 0 radical (unpaired) electrons. The van der Waals surface area contributed by atoms with Crippen LogP contribution >= 0.6 is 0 Å². The third kappa shape index (κ3) is 4.47. The minimum atomic E-state index is -0.435. The second kappa shape index (κ2) is 7.98. The summed E-state index contributed by atoms with van der Waals surface area (Å²) in [6.45, 7) is 4.24. The number of hydrogen-bond acceptors (Lipinski definition) is 3. The number of nitrogens with one attached hydrogen (secondary N) is 1. The highest BCUT2D eigenvalue weighted by Crippen LogP contribution is 2.18. The molecule has 0 fully saturated rings. The molecular formula is C20H20N2O2. The first-order chi connectivity index (χ1) is 11.5. The predicted octanol–water partition coefficient (Wildman–Crippen LogP) is 4.36. The minimum Gasteiger partial charge on any atom is -0.497 e. The summed E-state index contributed by atoms with van der Waals surface area (Å²) >= 11 is 0. The van der Waals surface area contributed by atoms with Gasteiger partial charge in [-0.2, -0.15) is 5.26 Å². The van der Waals surface area contributed by atoms with E-state index in [9.17, 15) is 10.1 Å². The summed E-state index contributed by atoms with van der Waals surface area (Å²) in [5.74, 6) is 0.710. The molecule has 0 unspecified atom stereocenters. The maximum absolute atomic E-state index is 12.2. The second-order valence-electron chi connectivity index (χ2n) is 5.67. The molecule has 4 heteroatoms. The molecule has 0 aliphatic carbocycles. The summed E-state index contributed by atoms with van der Waals surface area (Å²) in [6, 6.07) is 16.7. The van der Waals surface area contributed by atoms with Crippen LogP contribution in [0, 0.1) is 11.3 Å². The SMILES string of the molecule is COc1ccc(NC(=O)C(C#N)=Cc2ccc(C(C)C)cc2)cc1. The van der Waals surface area contributed by atoms with Crippen LogP contribution in [0.5, 0.6) is 5.75 Å². The van der Waals surface area contributed by atoms with E-state index in [1.54, 1.807) is 37.5 Å². The number of amides is 1. The summed E-state index contributed by atoms with van der Waals surface area (Å²) in [6.07, 6.45) is 1.59. The molecule has 0 heterocycles. The highest BCUT2D eigenvalue weighted by molar-refractivity contribution is 6.09. The number of rotatable bonds is 5. The van der Waals surface area contributed by atoms with Gasteiger partial charge in [0.1, 0.15) is 17.4 Å². The zero-order valence-corrected chi connectivity index (χ0v) is 14.0. The molecule has 122 valence electrons. The van der Waals surface area contributed by atoms with E-state index in [1.165, 1.54) is 5.56 Å². The van der Waals surface area contributed by atoms with Crippen molar-refractivity contribution in [2.75, 3.05) is 12.4 Å². The molecular weight excluding hydrogens is 300 g/mol. The maximum Gasteiger partial charge on any atom is 0.266 e. The highest BCUT2D eigenvalue weighted by atomic mass is 16.5. The molecule has 0 saturated carbocycles. The van der Waals surface area contributed by atoms with Crippen LogP contribution in [0.4, 0.5) is 5.69 Å². The Kier molecular flexibility index (Phi) is 5.75. The van der Waals surface area contributed by atoms with Crippen molar-refractivity contribution in [2.45, 2.75) is 19.8 Å². The van der Waals surface area contributed by atoms with E-state index in [0.717, 1.165) is 5.56 Å². The van der Waals surface area contributed by atoms with Gasteiger partial charge in [-0.05, 0) is 47.4 Å². The molecule has 2 rings (SSSR count). The fraction of sp³-hybridized carbons (Fsp3) is 0.200. The van der Waals surface area contributed by atoms with Gasteiger partial charge >= 0.3 is 0 Å². The average molecular weight is 320 g/mol. The van der Waals surface area contributed by atoms with Gasteiger partial charge in [0.25, 0.3) is 5.91 Å². The Morgan fingerprint density at radius 1 is 1.12 bits per heavy atom. The third-order valence-corrected chi connectivity index (χ3v) is 3.63. The number of carbonyl (C=O) groups is 1. The predicted molar refractivity (Wildman–Crippen MR) is 95.7 cm³/mol. The van der Waals surface area contributed by atoms with Crippen LogP contribution < -0.4 is 10.1 Å². The summed E-state index contributed by atoms with van der Waals surface area (Å²) in [4.78, 5) is 12.2. The molecule has 0 aromatic heterocycles. The van der Waals surface area contributed by atoms with E-state index in [4.69, 9.17) is 4.74 Å². The standard InChI is InChI=1S/C20H20N2O2/c1-14(2)16-6-4-15(5-7-16)12-17(13-21)20(23)22-18-8-10-19(24-3)11-9-18/h4-12,14H,1-3H3,(H,22,23). The van der Waals surface area contributed by atoms with Gasteiger partial charge in [0.05, 0.1) is 7.11 Å². The van der Waals surface area contributed by atoms with Crippen molar-refractivity contribution >= 4 is 17.7 Å². The first-order valence-electron chi connectivity index (χ1n) is 7.70. The zero-order valence-electron chi connectivity index (χ0n) is 14.0. The van der Waals surface area contributed by atoms with Crippen molar-refractivity contribution in [1.29, 1.82) is 5.26 Å². The molecule has 0 spiro atoms. The van der Waals surface area contributed by atoms with Crippen LogP contribution in [0.15, 0.2) is 54.1 Å². The third-order valence-electron chi connectivity index (χ3n) is 3.63. The highest BCUT2D eigenvalue weighted by Gasteiger charge is 2.10. The lowest BCUT2D eigenvalue weighted by Gasteiger charge is -2.07. The van der Waals surface area contributed by atoms with E-state index in [1.807, 2.05) is 30.3 Å². The monoisotopic (exact) mass is 320 g/mol. The van der Waals surface area contributed by atoms with E-state index in [-0.39, 0.29) is 5.57 Å². The van der Waals surface area contributed by atoms with Crippen LogP contribution in [0.1, 0.15) is 30.9 Å². The van der Waals surface area contributed by atoms with Crippen molar-refractivity contribution in [2.24, 2.45) is 0 Å². The molecule has 4 nitrogen and oxygen atoms in total. The molecule has 2 aromatic rings. The van der Waals surface area contributed by atoms with Crippen LogP contribution in [0.3, 0.4) is 0 Å². The Labute approximate surface area is 142 Å². The number of methoxy groups -OCH3 is 1.